The lowest BCUT2D eigenvalue weighted by Crippen LogP contribution is -2.14. The maximum absolute atomic E-state index is 12.5. The Kier molecular flexibility index (Phi) is 3.48. The van der Waals surface area contributed by atoms with E-state index < -0.39 is 29.4 Å². The molecule has 86 valence electrons. The molecule has 0 spiro atoms. The van der Waals surface area contributed by atoms with E-state index in [1.807, 2.05) is 0 Å². The van der Waals surface area contributed by atoms with Crippen LogP contribution >= 0.6 is 15.9 Å². The standard InChI is InChI=1S/C8H2BrF5N2/c9-4-2-16-6(8(12,13)14)5(7(10)11)3(4)1-15/h2,7H. The third-order valence-electron chi connectivity index (χ3n) is 1.67. The molecule has 0 atom stereocenters. The molecule has 2 nitrogen and oxygen atoms in total. The normalized spacial score (nSPS) is 11.6. The third-order valence-corrected chi connectivity index (χ3v) is 2.27. The molecule has 0 N–H and O–H groups in total. The number of halogens is 6. The van der Waals surface area contributed by atoms with Crippen molar-refractivity contribution < 1.29 is 22.0 Å². The summed E-state index contributed by atoms with van der Waals surface area (Å²) in [4.78, 5) is 2.88. The number of alkyl halides is 5. The van der Waals surface area contributed by atoms with Crippen LogP contribution in [0.2, 0.25) is 0 Å². The first-order chi connectivity index (χ1) is 7.29. The molecular formula is C8H2BrF5N2. The smallest absolute Gasteiger partial charge is 0.250 e. The number of nitriles is 1. The molecule has 16 heavy (non-hydrogen) atoms. The molecule has 0 amide bonds. The molecule has 1 aromatic rings. The molecule has 1 aromatic heterocycles. The van der Waals surface area contributed by atoms with Gasteiger partial charge in [-0.2, -0.15) is 18.4 Å². The second-order valence-electron chi connectivity index (χ2n) is 2.65. The largest absolute Gasteiger partial charge is 0.433 e. The minimum atomic E-state index is -5.02. The predicted octanol–water partition coefficient (Wildman–Crippen LogP) is 3.67. The fourth-order valence-corrected chi connectivity index (χ4v) is 1.46. The number of nitrogens with zero attached hydrogens (tertiary/aromatic N) is 2. The van der Waals surface area contributed by atoms with Crippen LogP contribution in [0.3, 0.4) is 0 Å². The van der Waals surface area contributed by atoms with Crippen molar-refractivity contribution in [3.05, 3.63) is 27.5 Å². The molecule has 0 aliphatic heterocycles. The van der Waals surface area contributed by atoms with Crippen molar-refractivity contribution in [2.45, 2.75) is 12.6 Å². The molecular weight excluding hydrogens is 299 g/mol. The first-order valence-corrected chi connectivity index (χ1v) is 4.52. The summed E-state index contributed by atoms with van der Waals surface area (Å²) >= 11 is 2.69. The summed E-state index contributed by atoms with van der Waals surface area (Å²) in [6.45, 7) is 0. The first kappa shape index (κ1) is 12.8. The molecule has 0 fully saturated rings. The fraction of sp³-hybridized carbons (Fsp3) is 0.250. The monoisotopic (exact) mass is 300 g/mol. The molecule has 0 saturated heterocycles. The highest BCUT2D eigenvalue weighted by molar-refractivity contribution is 9.10. The predicted molar refractivity (Wildman–Crippen MR) is 46.6 cm³/mol. The maximum Gasteiger partial charge on any atom is 0.433 e. The van der Waals surface area contributed by atoms with Gasteiger partial charge in [0, 0.05) is 6.20 Å². The molecule has 0 bridgehead atoms. The van der Waals surface area contributed by atoms with Gasteiger partial charge in [0.05, 0.1) is 15.6 Å². The zero-order valence-corrected chi connectivity index (χ0v) is 8.90. The van der Waals surface area contributed by atoms with Crippen LogP contribution in [0.25, 0.3) is 0 Å². The lowest BCUT2D eigenvalue weighted by molar-refractivity contribution is -0.143. The zero-order chi connectivity index (χ0) is 12.5. The molecule has 0 aliphatic carbocycles. The van der Waals surface area contributed by atoms with E-state index in [0.717, 1.165) is 0 Å². The van der Waals surface area contributed by atoms with Gasteiger partial charge in [-0.1, -0.05) is 0 Å². The van der Waals surface area contributed by atoms with Gasteiger partial charge in [0.1, 0.15) is 6.07 Å². The Morgan fingerprint density at radius 2 is 1.94 bits per heavy atom. The Balaban J connectivity index is 3.60. The Hall–Kier alpha value is -1.23. The minimum absolute atomic E-state index is 0.196. The number of aromatic nitrogens is 1. The Labute approximate surface area is 94.8 Å². The van der Waals surface area contributed by atoms with Gasteiger partial charge in [0.2, 0.25) is 0 Å². The second-order valence-corrected chi connectivity index (χ2v) is 3.51. The topological polar surface area (TPSA) is 36.7 Å². The number of hydrogen-bond acceptors (Lipinski definition) is 2. The molecule has 0 aromatic carbocycles. The van der Waals surface area contributed by atoms with Crippen LogP contribution in [0.1, 0.15) is 23.2 Å². The van der Waals surface area contributed by atoms with Gasteiger partial charge in [0.25, 0.3) is 6.43 Å². The van der Waals surface area contributed by atoms with Gasteiger partial charge in [-0.25, -0.2) is 8.78 Å². The van der Waals surface area contributed by atoms with Crippen LogP contribution in [0.15, 0.2) is 10.7 Å². The van der Waals surface area contributed by atoms with Gasteiger partial charge in [-0.3, -0.25) is 4.98 Å². The summed E-state index contributed by atoms with van der Waals surface area (Å²) in [6, 6.07) is 1.29. The number of pyridine rings is 1. The van der Waals surface area contributed by atoms with Gasteiger partial charge < -0.3 is 0 Å². The summed E-state index contributed by atoms with van der Waals surface area (Å²) in [5.74, 6) is 0. The quantitative estimate of drug-likeness (QED) is 0.742. The molecule has 1 rings (SSSR count). The Morgan fingerprint density at radius 3 is 2.31 bits per heavy atom. The van der Waals surface area contributed by atoms with Crippen LogP contribution in [0, 0.1) is 11.3 Å². The highest BCUT2D eigenvalue weighted by Crippen LogP contribution is 2.38. The molecule has 0 radical (unpaired) electrons. The van der Waals surface area contributed by atoms with E-state index in [4.69, 9.17) is 5.26 Å². The van der Waals surface area contributed by atoms with Crippen LogP contribution in [0.4, 0.5) is 22.0 Å². The zero-order valence-electron chi connectivity index (χ0n) is 7.32. The first-order valence-electron chi connectivity index (χ1n) is 3.73. The highest BCUT2D eigenvalue weighted by Gasteiger charge is 2.39. The van der Waals surface area contributed by atoms with Crippen molar-refractivity contribution >= 4 is 15.9 Å². The Morgan fingerprint density at radius 1 is 1.38 bits per heavy atom. The average Bonchev–Trinajstić information content (AvgIpc) is 2.14. The summed E-state index contributed by atoms with van der Waals surface area (Å²) in [5.41, 5.74) is -3.89. The lowest BCUT2D eigenvalue weighted by atomic mass is 10.1. The van der Waals surface area contributed by atoms with Crippen molar-refractivity contribution in [3.63, 3.8) is 0 Å². The SMILES string of the molecule is N#Cc1c(Br)cnc(C(F)(F)F)c1C(F)F. The lowest BCUT2D eigenvalue weighted by Gasteiger charge is -2.12. The van der Waals surface area contributed by atoms with E-state index in [0.29, 0.717) is 6.20 Å². The van der Waals surface area contributed by atoms with E-state index in [1.165, 1.54) is 6.07 Å². The second kappa shape index (κ2) is 4.33. The van der Waals surface area contributed by atoms with E-state index in [1.54, 1.807) is 0 Å². The van der Waals surface area contributed by atoms with Gasteiger partial charge in [-0.15, -0.1) is 0 Å². The van der Waals surface area contributed by atoms with E-state index >= 15 is 0 Å². The maximum atomic E-state index is 12.5. The van der Waals surface area contributed by atoms with Crippen LogP contribution in [-0.2, 0) is 6.18 Å². The van der Waals surface area contributed by atoms with Gasteiger partial charge >= 0.3 is 6.18 Å². The van der Waals surface area contributed by atoms with E-state index in [2.05, 4.69) is 20.9 Å². The van der Waals surface area contributed by atoms with E-state index in [9.17, 15) is 22.0 Å². The van der Waals surface area contributed by atoms with Gasteiger partial charge in [0.15, 0.2) is 5.69 Å². The van der Waals surface area contributed by atoms with Crippen molar-refractivity contribution in [2.75, 3.05) is 0 Å². The van der Waals surface area contributed by atoms with Crippen molar-refractivity contribution in [1.29, 1.82) is 5.26 Å². The summed E-state index contributed by atoms with van der Waals surface area (Å²) < 4.78 is 61.8. The molecule has 0 saturated carbocycles. The molecule has 8 heteroatoms. The van der Waals surface area contributed by atoms with Crippen molar-refractivity contribution in [2.24, 2.45) is 0 Å². The fourth-order valence-electron chi connectivity index (χ4n) is 1.05. The van der Waals surface area contributed by atoms with E-state index in [-0.39, 0.29) is 4.47 Å². The minimum Gasteiger partial charge on any atom is -0.250 e. The van der Waals surface area contributed by atoms with Crippen molar-refractivity contribution in [3.8, 4) is 6.07 Å². The number of rotatable bonds is 1. The highest BCUT2D eigenvalue weighted by atomic mass is 79.9. The Bertz CT molecular complexity index is 449. The third kappa shape index (κ3) is 2.29. The van der Waals surface area contributed by atoms with Crippen LogP contribution in [0.5, 0.6) is 0 Å². The van der Waals surface area contributed by atoms with Gasteiger partial charge in [-0.05, 0) is 15.9 Å². The summed E-state index contributed by atoms with van der Waals surface area (Å²) in [5, 5.41) is 8.53. The summed E-state index contributed by atoms with van der Waals surface area (Å²) in [6.07, 6.45) is -7.76. The summed E-state index contributed by atoms with van der Waals surface area (Å²) in [7, 11) is 0. The average molecular weight is 301 g/mol. The molecule has 1 heterocycles. The molecule has 0 unspecified atom stereocenters. The van der Waals surface area contributed by atoms with Crippen LogP contribution in [-0.4, -0.2) is 4.98 Å². The van der Waals surface area contributed by atoms with Crippen molar-refractivity contribution in [1.82, 2.24) is 4.98 Å². The molecule has 0 aliphatic rings. The number of hydrogen-bond donors (Lipinski definition) is 0. The van der Waals surface area contributed by atoms with Crippen LogP contribution < -0.4 is 0 Å².